The van der Waals surface area contributed by atoms with Gasteiger partial charge in [0.25, 0.3) is 5.56 Å². The molecule has 1 aromatic heterocycles. The van der Waals surface area contributed by atoms with Gasteiger partial charge in [-0.3, -0.25) is 9.36 Å². The average Bonchev–Trinajstić information content (AvgIpc) is 2.33. The number of hydrogen-bond acceptors (Lipinski definition) is 2. The van der Waals surface area contributed by atoms with Gasteiger partial charge in [-0.05, 0) is 40.2 Å². The van der Waals surface area contributed by atoms with Gasteiger partial charge in [-0.2, -0.15) is 0 Å². The molecule has 92 valence electrons. The Morgan fingerprint density at radius 2 is 2.00 bits per heavy atom. The number of carbonyl (C=O) groups is 1. The highest BCUT2D eigenvalue weighted by Gasteiger charge is 2.09. The van der Waals surface area contributed by atoms with Crippen molar-refractivity contribution in [2.24, 2.45) is 0 Å². The maximum absolute atomic E-state index is 13.2. The first kappa shape index (κ1) is 12.5. The Morgan fingerprint density at radius 1 is 1.28 bits per heavy atom. The minimum atomic E-state index is -1.16. The molecule has 0 spiro atoms. The van der Waals surface area contributed by atoms with Crippen molar-refractivity contribution in [2.45, 2.75) is 0 Å². The molecule has 2 aromatic rings. The van der Waals surface area contributed by atoms with Gasteiger partial charge < -0.3 is 5.11 Å². The van der Waals surface area contributed by atoms with E-state index in [0.717, 1.165) is 22.9 Å². The van der Waals surface area contributed by atoms with Crippen LogP contribution in [0.3, 0.4) is 0 Å². The molecule has 0 radical (unpaired) electrons. The minimum absolute atomic E-state index is 0.0502. The highest BCUT2D eigenvalue weighted by Crippen LogP contribution is 2.21. The smallest absolute Gasteiger partial charge is 0.337 e. The number of carboxylic acid groups (broad SMARTS) is 1. The Balaban J connectivity index is 2.70. The first-order chi connectivity index (χ1) is 8.49. The summed E-state index contributed by atoms with van der Waals surface area (Å²) in [4.78, 5) is 22.5. The van der Waals surface area contributed by atoms with Gasteiger partial charge in [0.15, 0.2) is 0 Å². The second kappa shape index (κ2) is 4.73. The van der Waals surface area contributed by atoms with E-state index in [1.54, 1.807) is 0 Å². The fourth-order valence-electron chi connectivity index (χ4n) is 1.47. The van der Waals surface area contributed by atoms with Crippen molar-refractivity contribution in [3.63, 3.8) is 0 Å². The molecular weight excluding hydrogens is 305 g/mol. The Bertz CT molecular complexity index is 681. The Kier molecular flexibility index (Phi) is 3.29. The molecule has 0 bridgehead atoms. The lowest BCUT2D eigenvalue weighted by Crippen LogP contribution is -2.18. The first-order valence-electron chi connectivity index (χ1n) is 4.90. The largest absolute Gasteiger partial charge is 0.478 e. The van der Waals surface area contributed by atoms with Crippen LogP contribution in [0.25, 0.3) is 5.69 Å². The van der Waals surface area contributed by atoms with Crippen molar-refractivity contribution in [1.29, 1.82) is 0 Å². The van der Waals surface area contributed by atoms with E-state index < -0.39 is 17.3 Å². The standard InChI is InChI=1S/C12H7BrFNO3/c13-9-3-2-8(14)5-10(9)15-6-7(12(17)18)1-4-11(15)16/h1-6H,(H,17,18). The lowest BCUT2D eigenvalue weighted by molar-refractivity contribution is 0.0696. The molecule has 1 heterocycles. The van der Waals surface area contributed by atoms with Gasteiger partial charge in [-0.25, -0.2) is 9.18 Å². The molecule has 0 saturated heterocycles. The fraction of sp³-hybridized carbons (Fsp3) is 0. The molecule has 0 aliphatic heterocycles. The zero-order chi connectivity index (χ0) is 13.3. The summed E-state index contributed by atoms with van der Waals surface area (Å²) in [7, 11) is 0. The predicted octanol–water partition coefficient (Wildman–Crippen LogP) is 2.44. The summed E-state index contributed by atoms with van der Waals surface area (Å²) in [5.41, 5.74) is -0.236. The maximum Gasteiger partial charge on any atom is 0.337 e. The highest BCUT2D eigenvalue weighted by molar-refractivity contribution is 9.10. The van der Waals surface area contributed by atoms with Crippen LogP contribution < -0.4 is 5.56 Å². The average molecular weight is 312 g/mol. The third-order valence-electron chi connectivity index (χ3n) is 2.33. The molecule has 18 heavy (non-hydrogen) atoms. The van der Waals surface area contributed by atoms with E-state index in [0.29, 0.717) is 4.47 Å². The van der Waals surface area contributed by atoms with Crippen molar-refractivity contribution >= 4 is 21.9 Å². The van der Waals surface area contributed by atoms with Gasteiger partial charge in [0.1, 0.15) is 5.82 Å². The van der Waals surface area contributed by atoms with Crippen LogP contribution in [0.15, 0.2) is 45.8 Å². The summed E-state index contributed by atoms with van der Waals surface area (Å²) in [6.07, 6.45) is 1.16. The predicted molar refractivity (Wildman–Crippen MR) is 66.7 cm³/mol. The molecule has 0 aliphatic carbocycles. The van der Waals surface area contributed by atoms with Gasteiger partial charge in [-0.1, -0.05) is 0 Å². The number of pyridine rings is 1. The topological polar surface area (TPSA) is 59.3 Å². The van der Waals surface area contributed by atoms with Gasteiger partial charge in [0.2, 0.25) is 0 Å². The van der Waals surface area contributed by atoms with Crippen LogP contribution in [0, 0.1) is 5.82 Å². The Hall–Kier alpha value is -1.95. The van der Waals surface area contributed by atoms with E-state index in [1.165, 1.54) is 18.2 Å². The first-order valence-corrected chi connectivity index (χ1v) is 5.70. The number of aromatic carboxylic acids is 1. The molecule has 0 amide bonds. The molecule has 1 N–H and O–H groups in total. The molecular formula is C12H7BrFNO3. The third-order valence-corrected chi connectivity index (χ3v) is 3.00. The van der Waals surface area contributed by atoms with E-state index in [4.69, 9.17) is 5.11 Å². The molecule has 0 aliphatic rings. The van der Waals surface area contributed by atoms with Crippen LogP contribution in [-0.2, 0) is 0 Å². The lowest BCUT2D eigenvalue weighted by atomic mass is 10.2. The second-order valence-corrected chi connectivity index (χ2v) is 4.38. The van der Waals surface area contributed by atoms with Crippen molar-refractivity contribution in [2.75, 3.05) is 0 Å². The highest BCUT2D eigenvalue weighted by atomic mass is 79.9. The number of aromatic nitrogens is 1. The van der Waals surface area contributed by atoms with E-state index in [9.17, 15) is 14.0 Å². The quantitative estimate of drug-likeness (QED) is 0.926. The summed E-state index contributed by atoms with van der Waals surface area (Å²) < 4.78 is 14.7. The molecule has 4 nitrogen and oxygen atoms in total. The Labute approximate surface area is 109 Å². The summed E-state index contributed by atoms with van der Waals surface area (Å²) in [5.74, 6) is -1.67. The van der Waals surface area contributed by atoms with Crippen molar-refractivity contribution in [1.82, 2.24) is 4.57 Å². The number of nitrogens with zero attached hydrogens (tertiary/aromatic N) is 1. The van der Waals surface area contributed by atoms with E-state index in [1.807, 2.05) is 0 Å². The minimum Gasteiger partial charge on any atom is -0.478 e. The van der Waals surface area contributed by atoms with Crippen molar-refractivity contribution < 1.29 is 14.3 Å². The third kappa shape index (κ3) is 2.33. The molecule has 0 atom stereocenters. The number of rotatable bonds is 2. The van der Waals surface area contributed by atoms with Crippen LogP contribution >= 0.6 is 15.9 Å². The second-order valence-electron chi connectivity index (χ2n) is 3.53. The molecule has 0 saturated carbocycles. The van der Waals surface area contributed by atoms with Gasteiger partial charge >= 0.3 is 5.97 Å². The Morgan fingerprint density at radius 3 is 2.67 bits per heavy atom. The van der Waals surface area contributed by atoms with Crippen molar-refractivity contribution in [3.05, 3.63) is 62.7 Å². The van der Waals surface area contributed by atoms with Crippen LogP contribution in [0.5, 0.6) is 0 Å². The molecule has 0 unspecified atom stereocenters. The number of hydrogen-bond donors (Lipinski definition) is 1. The van der Waals surface area contributed by atoms with E-state index in [-0.39, 0.29) is 11.3 Å². The summed E-state index contributed by atoms with van der Waals surface area (Å²) in [6.45, 7) is 0. The monoisotopic (exact) mass is 311 g/mol. The normalized spacial score (nSPS) is 10.3. The van der Waals surface area contributed by atoms with Gasteiger partial charge in [0, 0.05) is 16.7 Å². The van der Waals surface area contributed by atoms with E-state index in [2.05, 4.69) is 15.9 Å². The van der Waals surface area contributed by atoms with Gasteiger partial charge in [-0.15, -0.1) is 0 Å². The van der Waals surface area contributed by atoms with Gasteiger partial charge in [0.05, 0.1) is 11.3 Å². The lowest BCUT2D eigenvalue weighted by Gasteiger charge is -2.08. The van der Waals surface area contributed by atoms with Crippen molar-refractivity contribution in [3.8, 4) is 5.69 Å². The zero-order valence-corrected chi connectivity index (χ0v) is 10.5. The van der Waals surface area contributed by atoms with Crippen LogP contribution in [0.4, 0.5) is 4.39 Å². The molecule has 1 aromatic carbocycles. The SMILES string of the molecule is O=C(O)c1ccc(=O)n(-c2cc(F)ccc2Br)c1. The zero-order valence-electron chi connectivity index (χ0n) is 8.93. The molecule has 6 heteroatoms. The number of benzene rings is 1. The summed E-state index contributed by atoms with van der Waals surface area (Å²) in [6, 6.07) is 6.16. The summed E-state index contributed by atoms with van der Waals surface area (Å²) in [5, 5.41) is 8.87. The molecule has 2 rings (SSSR count). The van der Waals surface area contributed by atoms with Crippen LogP contribution in [0.2, 0.25) is 0 Å². The van der Waals surface area contributed by atoms with Crippen LogP contribution in [-0.4, -0.2) is 15.6 Å². The summed E-state index contributed by atoms with van der Waals surface area (Å²) >= 11 is 3.19. The fourth-order valence-corrected chi connectivity index (χ4v) is 1.91. The maximum atomic E-state index is 13.2. The molecule has 0 fully saturated rings. The number of carboxylic acids is 1. The van der Waals surface area contributed by atoms with Crippen LogP contribution in [0.1, 0.15) is 10.4 Å². The number of halogens is 2. The van der Waals surface area contributed by atoms with E-state index >= 15 is 0 Å².